The zero-order chi connectivity index (χ0) is 17.4. The minimum Gasteiger partial charge on any atom is -0.403 e. The third-order valence-electron chi connectivity index (χ3n) is 6.56. The molecule has 0 aromatic rings. The number of nitrogens with two attached hydrogens (primary N) is 1. The molecule has 1 saturated carbocycles. The van der Waals surface area contributed by atoms with E-state index < -0.39 is 0 Å². The second-order valence-electron chi connectivity index (χ2n) is 9.66. The van der Waals surface area contributed by atoms with Gasteiger partial charge in [0.05, 0.1) is 11.2 Å². The second kappa shape index (κ2) is 6.69. The first-order valence-corrected chi connectivity index (χ1v) is 9.62. The molecule has 0 aromatic carbocycles. The fourth-order valence-corrected chi connectivity index (χ4v) is 3.91. The Kier molecular flexibility index (Phi) is 5.60. The quantitative estimate of drug-likeness (QED) is 0.684. The van der Waals surface area contributed by atoms with Crippen molar-refractivity contribution in [2.75, 3.05) is 0 Å². The molecule has 134 valence electrons. The fraction of sp³-hybridized carbons (Fsp3) is 1.00. The van der Waals surface area contributed by atoms with Gasteiger partial charge in [-0.3, -0.25) is 0 Å². The summed E-state index contributed by atoms with van der Waals surface area (Å²) in [5.41, 5.74) is 5.98. The summed E-state index contributed by atoms with van der Waals surface area (Å²) in [4.78, 5) is 0. The molecule has 2 unspecified atom stereocenters. The van der Waals surface area contributed by atoms with Gasteiger partial charge in [-0.25, -0.2) is 0 Å². The maximum Gasteiger partial charge on any atom is 0.464 e. The Balaban J connectivity index is 2.07. The standard InChI is InChI=1S/C19H38BNO2/c1-16(2)17(3,4)23-20(22-16)18(5)12-8-7-9-14-19(6,21)15-11-10-13-18/h7-15,21H2,1-6H3. The summed E-state index contributed by atoms with van der Waals surface area (Å²) in [5.74, 6) is 0. The van der Waals surface area contributed by atoms with Gasteiger partial charge in [0.25, 0.3) is 0 Å². The lowest BCUT2D eigenvalue weighted by atomic mass is 9.54. The Morgan fingerprint density at radius 2 is 1.04 bits per heavy atom. The predicted octanol–water partition coefficient (Wildman–Crippen LogP) is 5.08. The molecule has 0 bridgehead atoms. The van der Waals surface area contributed by atoms with Gasteiger partial charge in [-0.1, -0.05) is 39.0 Å². The summed E-state index contributed by atoms with van der Waals surface area (Å²) in [6.45, 7) is 13.2. The average Bonchev–Trinajstić information content (AvgIpc) is 2.61. The molecule has 2 fully saturated rings. The Hall–Kier alpha value is -0.0551. The van der Waals surface area contributed by atoms with Crippen molar-refractivity contribution in [1.82, 2.24) is 0 Å². The van der Waals surface area contributed by atoms with Crippen LogP contribution in [0.5, 0.6) is 0 Å². The molecule has 0 aromatic heterocycles. The van der Waals surface area contributed by atoms with Crippen LogP contribution in [0.4, 0.5) is 0 Å². The largest absolute Gasteiger partial charge is 0.464 e. The topological polar surface area (TPSA) is 44.5 Å². The van der Waals surface area contributed by atoms with E-state index in [1.165, 1.54) is 44.9 Å². The van der Waals surface area contributed by atoms with Crippen LogP contribution in [0, 0.1) is 0 Å². The molecular formula is C19H38BNO2. The molecule has 3 nitrogen and oxygen atoms in total. The molecule has 23 heavy (non-hydrogen) atoms. The highest BCUT2D eigenvalue weighted by molar-refractivity contribution is 6.49. The average molecular weight is 323 g/mol. The first-order valence-electron chi connectivity index (χ1n) is 9.62. The van der Waals surface area contributed by atoms with E-state index in [1.54, 1.807) is 0 Å². The van der Waals surface area contributed by atoms with Gasteiger partial charge in [-0.2, -0.15) is 0 Å². The van der Waals surface area contributed by atoms with Crippen LogP contribution in [0.25, 0.3) is 0 Å². The highest BCUT2D eigenvalue weighted by atomic mass is 16.7. The van der Waals surface area contributed by atoms with Gasteiger partial charge in [-0.15, -0.1) is 0 Å². The van der Waals surface area contributed by atoms with Crippen LogP contribution in [0.1, 0.15) is 99.3 Å². The molecule has 2 aliphatic rings. The minimum absolute atomic E-state index is 0.0189. The highest BCUT2D eigenvalue weighted by Crippen LogP contribution is 2.50. The zero-order valence-electron chi connectivity index (χ0n) is 16.3. The van der Waals surface area contributed by atoms with Crippen molar-refractivity contribution in [3.8, 4) is 0 Å². The zero-order valence-corrected chi connectivity index (χ0v) is 16.3. The van der Waals surface area contributed by atoms with E-state index >= 15 is 0 Å². The van der Waals surface area contributed by atoms with Gasteiger partial charge < -0.3 is 15.0 Å². The Bertz CT molecular complexity index is 392. The van der Waals surface area contributed by atoms with Gasteiger partial charge in [0.15, 0.2) is 0 Å². The van der Waals surface area contributed by atoms with Crippen LogP contribution in [0.3, 0.4) is 0 Å². The van der Waals surface area contributed by atoms with Crippen molar-refractivity contribution >= 4 is 7.12 Å². The minimum atomic E-state index is -0.233. The maximum absolute atomic E-state index is 6.43. The fourth-order valence-electron chi connectivity index (χ4n) is 3.91. The van der Waals surface area contributed by atoms with Crippen molar-refractivity contribution in [1.29, 1.82) is 0 Å². The predicted molar refractivity (Wildman–Crippen MR) is 98.6 cm³/mol. The van der Waals surface area contributed by atoms with E-state index in [2.05, 4.69) is 41.5 Å². The van der Waals surface area contributed by atoms with E-state index in [0.29, 0.717) is 0 Å². The van der Waals surface area contributed by atoms with Crippen molar-refractivity contribution < 1.29 is 9.31 Å². The lowest BCUT2D eigenvalue weighted by Gasteiger charge is -2.32. The van der Waals surface area contributed by atoms with Gasteiger partial charge in [-0.05, 0) is 60.3 Å². The number of hydrogen-bond donors (Lipinski definition) is 1. The van der Waals surface area contributed by atoms with E-state index in [0.717, 1.165) is 12.8 Å². The van der Waals surface area contributed by atoms with Gasteiger partial charge in [0.1, 0.15) is 0 Å². The van der Waals surface area contributed by atoms with Gasteiger partial charge in [0, 0.05) is 10.9 Å². The molecule has 0 spiro atoms. The van der Waals surface area contributed by atoms with Crippen molar-refractivity contribution in [3.05, 3.63) is 0 Å². The number of rotatable bonds is 1. The third kappa shape index (κ3) is 4.52. The molecule has 2 N–H and O–H groups in total. The summed E-state index contributed by atoms with van der Waals surface area (Å²) >= 11 is 0. The summed E-state index contributed by atoms with van der Waals surface area (Å²) in [5, 5.41) is 0.111. The lowest BCUT2D eigenvalue weighted by molar-refractivity contribution is 0.00578. The molecule has 2 rings (SSSR count). The first kappa shape index (κ1) is 19.3. The van der Waals surface area contributed by atoms with E-state index in [-0.39, 0.29) is 29.2 Å². The SMILES string of the molecule is CC1(N)CCCCCC(C)(B2OC(C)(C)C(C)(C)O2)CCCC1. The molecule has 4 heteroatoms. The van der Waals surface area contributed by atoms with E-state index in [9.17, 15) is 0 Å². The molecule has 1 aliphatic carbocycles. The van der Waals surface area contributed by atoms with Gasteiger partial charge in [0.2, 0.25) is 0 Å². The van der Waals surface area contributed by atoms with Crippen molar-refractivity contribution in [2.24, 2.45) is 5.73 Å². The monoisotopic (exact) mass is 323 g/mol. The van der Waals surface area contributed by atoms with Crippen LogP contribution in [0.2, 0.25) is 5.31 Å². The summed E-state index contributed by atoms with van der Waals surface area (Å²) < 4.78 is 12.8. The Morgan fingerprint density at radius 1 is 0.652 bits per heavy atom. The highest BCUT2D eigenvalue weighted by Gasteiger charge is 2.57. The summed E-state index contributed by atoms with van der Waals surface area (Å²) in [6, 6.07) is 0. The van der Waals surface area contributed by atoms with Crippen molar-refractivity contribution in [2.45, 2.75) is 121 Å². The van der Waals surface area contributed by atoms with Crippen LogP contribution in [-0.4, -0.2) is 23.9 Å². The molecule has 2 atom stereocenters. The third-order valence-corrected chi connectivity index (χ3v) is 6.56. The van der Waals surface area contributed by atoms with Gasteiger partial charge >= 0.3 is 7.12 Å². The first-order chi connectivity index (χ1) is 10.5. The Labute approximate surface area is 144 Å². The van der Waals surface area contributed by atoms with Crippen LogP contribution < -0.4 is 5.73 Å². The number of hydrogen-bond acceptors (Lipinski definition) is 3. The van der Waals surface area contributed by atoms with Crippen LogP contribution in [-0.2, 0) is 9.31 Å². The molecule has 1 saturated heterocycles. The normalized spacial score (nSPS) is 39.0. The van der Waals surface area contributed by atoms with Crippen LogP contribution in [0.15, 0.2) is 0 Å². The summed E-state index contributed by atoms with van der Waals surface area (Å²) in [7, 11) is -0.0856. The van der Waals surface area contributed by atoms with Crippen LogP contribution >= 0.6 is 0 Å². The summed E-state index contributed by atoms with van der Waals surface area (Å²) in [6.07, 6.45) is 10.8. The molecule has 0 radical (unpaired) electrons. The molecular weight excluding hydrogens is 285 g/mol. The smallest absolute Gasteiger partial charge is 0.403 e. The molecule has 0 amide bonds. The van der Waals surface area contributed by atoms with E-state index in [4.69, 9.17) is 15.0 Å². The lowest BCUT2D eigenvalue weighted by Crippen LogP contribution is -2.41. The molecule has 1 aliphatic heterocycles. The molecule has 1 heterocycles. The second-order valence-corrected chi connectivity index (χ2v) is 9.66. The maximum atomic E-state index is 6.43. The van der Waals surface area contributed by atoms with Crippen molar-refractivity contribution in [3.63, 3.8) is 0 Å². The Morgan fingerprint density at radius 3 is 1.57 bits per heavy atom. The van der Waals surface area contributed by atoms with E-state index in [1.807, 2.05) is 0 Å².